The molecule has 37 heavy (non-hydrogen) atoms. The van der Waals surface area contributed by atoms with Gasteiger partial charge in [0.25, 0.3) is 0 Å². The minimum absolute atomic E-state index is 0.0233. The second kappa shape index (κ2) is 28.9. The molecule has 0 aromatic rings. The maximum atomic E-state index is 11.9. The number of carbonyl (C=O) groups is 3. The van der Waals surface area contributed by atoms with Crippen molar-refractivity contribution in [3.8, 4) is 0 Å². The highest BCUT2D eigenvalue weighted by atomic mass is 16.6. The summed E-state index contributed by atoms with van der Waals surface area (Å²) in [6, 6.07) is 0. The summed E-state index contributed by atoms with van der Waals surface area (Å²) in [7, 11) is 0. The van der Waals surface area contributed by atoms with Crippen LogP contribution < -0.4 is 5.32 Å². The molecule has 0 aliphatic heterocycles. The van der Waals surface area contributed by atoms with E-state index in [2.05, 4.69) is 12.2 Å². The zero-order valence-corrected chi connectivity index (χ0v) is 23.3. The number of ether oxygens (including phenoxy) is 4. The Labute approximate surface area is 224 Å². The van der Waals surface area contributed by atoms with Crippen molar-refractivity contribution in [3.05, 3.63) is 0 Å². The molecule has 0 aliphatic carbocycles. The second-order valence-corrected chi connectivity index (χ2v) is 9.23. The van der Waals surface area contributed by atoms with Crippen molar-refractivity contribution in [1.29, 1.82) is 0 Å². The fourth-order valence-electron chi connectivity index (χ4n) is 3.70. The molecule has 0 bridgehead atoms. The number of esters is 2. The highest BCUT2D eigenvalue weighted by Gasteiger charge is 2.09. The molecule has 0 spiro atoms. The Balaban J connectivity index is 3.39. The van der Waals surface area contributed by atoms with Crippen molar-refractivity contribution >= 4 is 17.8 Å². The predicted molar refractivity (Wildman–Crippen MR) is 143 cm³/mol. The second-order valence-electron chi connectivity index (χ2n) is 9.23. The number of amides is 1. The number of hydrogen-bond donors (Lipinski definition) is 2. The topological polar surface area (TPSA) is 120 Å². The van der Waals surface area contributed by atoms with Gasteiger partial charge in [0.15, 0.2) is 0 Å². The van der Waals surface area contributed by atoms with Gasteiger partial charge in [-0.2, -0.15) is 0 Å². The molecule has 1 amide bonds. The summed E-state index contributed by atoms with van der Waals surface area (Å²) in [6.07, 6.45) is 16.9. The van der Waals surface area contributed by atoms with Gasteiger partial charge in [-0.15, -0.1) is 0 Å². The summed E-state index contributed by atoms with van der Waals surface area (Å²) in [6.45, 7) is 3.88. The van der Waals surface area contributed by atoms with Gasteiger partial charge in [0.05, 0.1) is 52.4 Å². The Morgan fingerprint density at radius 1 is 0.568 bits per heavy atom. The zero-order chi connectivity index (χ0) is 27.2. The molecule has 0 atom stereocenters. The quantitative estimate of drug-likeness (QED) is 0.112. The Kier molecular flexibility index (Phi) is 27.5. The van der Waals surface area contributed by atoms with E-state index in [1.165, 1.54) is 70.6 Å². The fraction of sp³-hybridized carbons (Fsp3) is 0.893. The molecule has 0 radical (unpaired) electrons. The molecule has 0 unspecified atom stereocenters. The van der Waals surface area contributed by atoms with Crippen molar-refractivity contribution in [2.75, 3.05) is 52.8 Å². The third kappa shape index (κ3) is 28.7. The first-order valence-corrected chi connectivity index (χ1v) is 14.4. The molecular weight excluding hydrogens is 478 g/mol. The molecule has 0 aromatic heterocycles. The van der Waals surface area contributed by atoms with Gasteiger partial charge in [-0.25, -0.2) is 0 Å². The number of aliphatic hydroxyl groups excluding tert-OH is 1. The van der Waals surface area contributed by atoms with Crippen LogP contribution in [-0.2, 0) is 33.3 Å². The minimum atomic E-state index is -0.500. The van der Waals surface area contributed by atoms with Crippen LogP contribution in [0.1, 0.15) is 110 Å². The molecule has 0 saturated heterocycles. The fourth-order valence-corrected chi connectivity index (χ4v) is 3.70. The molecule has 0 fully saturated rings. The SMILES string of the molecule is CCCCCCCCCCCCCCCC(=O)NCCOC(=O)CCC(=O)OCCOCCOCCO. The van der Waals surface area contributed by atoms with Gasteiger partial charge in [-0.05, 0) is 6.42 Å². The third-order valence-corrected chi connectivity index (χ3v) is 5.83. The molecule has 9 nitrogen and oxygen atoms in total. The van der Waals surface area contributed by atoms with E-state index in [0.29, 0.717) is 19.6 Å². The van der Waals surface area contributed by atoms with Gasteiger partial charge in [0, 0.05) is 6.42 Å². The van der Waals surface area contributed by atoms with Gasteiger partial charge in [0.1, 0.15) is 13.2 Å². The number of unbranched alkanes of at least 4 members (excludes halogenated alkanes) is 12. The van der Waals surface area contributed by atoms with Crippen LogP contribution >= 0.6 is 0 Å². The van der Waals surface area contributed by atoms with Crippen molar-refractivity contribution in [1.82, 2.24) is 5.32 Å². The van der Waals surface area contributed by atoms with Crippen LogP contribution in [0.15, 0.2) is 0 Å². The highest BCUT2D eigenvalue weighted by Crippen LogP contribution is 2.12. The maximum Gasteiger partial charge on any atom is 0.306 e. The predicted octanol–water partition coefficient (Wildman–Crippen LogP) is 4.48. The molecular formula is C28H53NO8. The molecule has 9 heteroatoms. The van der Waals surface area contributed by atoms with Crippen LogP contribution in [0.2, 0.25) is 0 Å². The van der Waals surface area contributed by atoms with E-state index in [1.54, 1.807) is 0 Å². The lowest BCUT2D eigenvalue weighted by Crippen LogP contribution is -2.27. The Morgan fingerprint density at radius 3 is 1.57 bits per heavy atom. The van der Waals surface area contributed by atoms with E-state index >= 15 is 0 Å². The molecule has 2 N–H and O–H groups in total. The average Bonchev–Trinajstić information content (AvgIpc) is 2.89. The van der Waals surface area contributed by atoms with Gasteiger partial charge in [-0.3, -0.25) is 14.4 Å². The lowest BCUT2D eigenvalue weighted by Gasteiger charge is -2.08. The number of aliphatic hydroxyl groups is 1. The first kappa shape index (κ1) is 35.3. The summed E-state index contributed by atoms with van der Waals surface area (Å²) in [5, 5.41) is 11.3. The molecule has 0 aromatic carbocycles. The van der Waals surface area contributed by atoms with E-state index in [1.807, 2.05) is 0 Å². The van der Waals surface area contributed by atoms with Crippen molar-refractivity contribution in [2.45, 2.75) is 110 Å². The average molecular weight is 532 g/mol. The molecule has 0 aliphatic rings. The summed E-state index contributed by atoms with van der Waals surface area (Å²) in [5.74, 6) is -1.02. The van der Waals surface area contributed by atoms with Crippen LogP contribution in [0.25, 0.3) is 0 Å². The summed E-state index contributed by atoms with van der Waals surface area (Å²) in [5.41, 5.74) is 0. The molecule has 0 rings (SSSR count). The highest BCUT2D eigenvalue weighted by molar-refractivity contribution is 5.78. The van der Waals surface area contributed by atoms with Crippen LogP contribution in [0, 0.1) is 0 Å². The van der Waals surface area contributed by atoms with Crippen LogP contribution in [0.4, 0.5) is 0 Å². The lowest BCUT2D eigenvalue weighted by molar-refractivity contribution is -0.151. The van der Waals surface area contributed by atoms with E-state index in [4.69, 9.17) is 24.1 Å². The smallest absolute Gasteiger partial charge is 0.306 e. The Hall–Kier alpha value is -1.71. The van der Waals surface area contributed by atoms with Gasteiger partial charge < -0.3 is 29.4 Å². The maximum absolute atomic E-state index is 11.9. The van der Waals surface area contributed by atoms with E-state index < -0.39 is 11.9 Å². The van der Waals surface area contributed by atoms with Gasteiger partial charge in [-0.1, -0.05) is 84.0 Å². The van der Waals surface area contributed by atoms with Crippen molar-refractivity contribution in [3.63, 3.8) is 0 Å². The van der Waals surface area contributed by atoms with Gasteiger partial charge in [0.2, 0.25) is 5.91 Å². The minimum Gasteiger partial charge on any atom is -0.464 e. The zero-order valence-electron chi connectivity index (χ0n) is 23.3. The molecule has 218 valence electrons. The third-order valence-electron chi connectivity index (χ3n) is 5.83. The lowest BCUT2D eigenvalue weighted by atomic mass is 10.0. The first-order chi connectivity index (χ1) is 18.1. The number of rotatable bonds is 28. The van der Waals surface area contributed by atoms with Crippen LogP contribution in [0.5, 0.6) is 0 Å². The standard InChI is InChI=1S/C28H53NO8/c1-2-3-4-5-6-7-8-9-10-11-12-13-14-15-26(31)29-18-20-36-27(32)16-17-28(33)37-25-24-35-23-22-34-21-19-30/h30H,2-25H2,1H3,(H,29,31). The normalized spacial score (nSPS) is 10.9. The van der Waals surface area contributed by atoms with Crippen molar-refractivity contribution < 1.29 is 38.4 Å². The summed E-state index contributed by atoms with van der Waals surface area (Å²) in [4.78, 5) is 35.2. The summed E-state index contributed by atoms with van der Waals surface area (Å²) < 4.78 is 20.2. The number of nitrogens with one attached hydrogen (secondary N) is 1. The largest absolute Gasteiger partial charge is 0.464 e. The molecule has 0 heterocycles. The number of hydrogen-bond acceptors (Lipinski definition) is 8. The van der Waals surface area contributed by atoms with Crippen LogP contribution in [-0.4, -0.2) is 75.7 Å². The first-order valence-electron chi connectivity index (χ1n) is 14.4. The Bertz CT molecular complexity index is 544. The number of carbonyl (C=O) groups excluding carboxylic acids is 3. The monoisotopic (exact) mass is 531 g/mol. The van der Waals surface area contributed by atoms with E-state index in [9.17, 15) is 14.4 Å². The van der Waals surface area contributed by atoms with E-state index in [0.717, 1.165) is 12.8 Å². The Morgan fingerprint density at radius 2 is 1.03 bits per heavy atom. The molecule has 0 saturated carbocycles. The van der Waals surface area contributed by atoms with Gasteiger partial charge >= 0.3 is 11.9 Å². The van der Waals surface area contributed by atoms with Crippen molar-refractivity contribution in [2.24, 2.45) is 0 Å². The summed E-state index contributed by atoms with van der Waals surface area (Å²) >= 11 is 0. The van der Waals surface area contributed by atoms with E-state index in [-0.39, 0.29) is 58.3 Å². The van der Waals surface area contributed by atoms with Crippen LogP contribution in [0.3, 0.4) is 0 Å².